The predicted octanol–water partition coefficient (Wildman–Crippen LogP) is 2.51. The molecule has 6 nitrogen and oxygen atoms in total. The molecule has 0 aliphatic carbocycles. The third-order valence-corrected chi connectivity index (χ3v) is 4.84. The number of piperazine rings is 1. The van der Waals surface area contributed by atoms with Crippen LogP contribution in [0.5, 0.6) is 0 Å². The normalized spacial score (nSPS) is 20.8. The van der Waals surface area contributed by atoms with E-state index in [0.29, 0.717) is 24.3 Å². The molecule has 1 saturated heterocycles. The largest absolute Gasteiger partial charge is 0.478 e. The second-order valence-electron chi connectivity index (χ2n) is 6.80. The number of carboxylic acids is 1. The fraction of sp³-hybridized carbons (Fsp3) is 0.350. The van der Waals surface area contributed by atoms with E-state index in [2.05, 4.69) is 23.7 Å². The molecule has 136 valence electrons. The maximum atomic E-state index is 12.6. The molecule has 0 unspecified atom stereocenters. The van der Waals surface area contributed by atoms with Gasteiger partial charge >= 0.3 is 5.97 Å². The molecule has 3 rings (SSSR count). The zero-order valence-corrected chi connectivity index (χ0v) is 15.0. The Morgan fingerprint density at radius 2 is 1.73 bits per heavy atom. The topological polar surface area (TPSA) is 73.7 Å². The van der Waals surface area contributed by atoms with E-state index in [1.807, 2.05) is 23.1 Å². The highest BCUT2D eigenvalue weighted by atomic mass is 16.4. The molecular weight excluding hydrogens is 330 g/mol. The van der Waals surface area contributed by atoms with Crippen LogP contribution in [0.2, 0.25) is 0 Å². The van der Waals surface area contributed by atoms with Gasteiger partial charge in [0, 0.05) is 37.9 Å². The zero-order valence-electron chi connectivity index (χ0n) is 15.0. The summed E-state index contributed by atoms with van der Waals surface area (Å²) in [6.45, 7) is 6.24. The molecular formula is C20H23N3O3. The fourth-order valence-corrected chi connectivity index (χ4v) is 3.45. The quantitative estimate of drug-likeness (QED) is 0.914. The van der Waals surface area contributed by atoms with Crippen molar-refractivity contribution in [2.75, 3.05) is 13.1 Å². The molecule has 1 aromatic carbocycles. The molecule has 1 aliphatic rings. The second kappa shape index (κ2) is 7.66. The Hall–Kier alpha value is -2.73. The molecule has 1 aromatic heterocycles. The summed E-state index contributed by atoms with van der Waals surface area (Å²) in [6, 6.07) is 12.7. The first-order valence-electron chi connectivity index (χ1n) is 8.74. The van der Waals surface area contributed by atoms with Gasteiger partial charge in [-0.05, 0) is 43.7 Å². The number of nitrogens with zero attached hydrogens (tertiary/aromatic N) is 3. The molecule has 1 N–H and O–H groups in total. The summed E-state index contributed by atoms with van der Waals surface area (Å²) in [5, 5.41) is 9.00. The summed E-state index contributed by atoms with van der Waals surface area (Å²) in [5.74, 6) is -0.949. The van der Waals surface area contributed by atoms with Crippen LogP contribution >= 0.6 is 0 Å². The highest BCUT2D eigenvalue weighted by Crippen LogP contribution is 2.20. The smallest absolute Gasteiger partial charge is 0.335 e. The van der Waals surface area contributed by atoms with Crippen LogP contribution in [-0.2, 0) is 6.54 Å². The lowest BCUT2D eigenvalue weighted by Crippen LogP contribution is -2.57. The van der Waals surface area contributed by atoms with Crippen LogP contribution in [-0.4, -0.2) is 56.9 Å². The molecule has 1 fully saturated rings. The van der Waals surface area contributed by atoms with Crippen molar-refractivity contribution in [1.29, 1.82) is 0 Å². The first kappa shape index (κ1) is 18.1. The summed E-state index contributed by atoms with van der Waals surface area (Å²) in [7, 11) is 0. The van der Waals surface area contributed by atoms with Crippen LogP contribution < -0.4 is 0 Å². The SMILES string of the molecule is C[C@@H]1CN(C(=O)c2ccccn2)C[C@H](C)N1Cc1ccc(C(=O)O)cc1. The Morgan fingerprint density at radius 1 is 1.08 bits per heavy atom. The Kier molecular flexibility index (Phi) is 5.32. The lowest BCUT2D eigenvalue weighted by atomic mass is 10.0. The van der Waals surface area contributed by atoms with E-state index in [9.17, 15) is 9.59 Å². The lowest BCUT2D eigenvalue weighted by Gasteiger charge is -2.44. The Morgan fingerprint density at radius 3 is 2.27 bits per heavy atom. The van der Waals surface area contributed by atoms with Crippen molar-refractivity contribution >= 4 is 11.9 Å². The third kappa shape index (κ3) is 3.91. The summed E-state index contributed by atoms with van der Waals surface area (Å²) >= 11 is 0. The molecule has 0 saturated carbocycles. The average Bonchev–Trinajstić information content (AvgIpc) is 2.65. The number of hydrogen-bond donors (Lipinski definition) is 1. The van der Waals surface area contributed by atoms with E-state index in [1.165, 1.54) is 0 Å². The number of carbonyl (C=O) groups excluding carboxylic acids is 1. The number of pyridine rings is 1. The van der Waals surface area contributed by atoms with Crippen LogP contribution in [0.4, 0.5) is 0 Å². The number of aromatic nitrogens is 1. The third-order valence-electron chi connectivity index (χ3n) is 4.84. The first-order valence-corrected chi connectivity index (χ1v) is 8.74. The van der Waals surface area contributed by atoms with Crippen molar-refractivity contribution in [1.82, 2.24) is 14.8 Å². The zero-order chi connectivity index (χ0) is 18.7. The van der Waals surface area contributed by atoms with E-state index in [0.717, 1.165) is 12.1 Å². The van der Waals surface area contributed by atoms with E-state index >= 15 is 0 Å². The highest BCUT2D eigenvalue weighted by Gasteiger charge is 2.32. The Labute approximate surface area is 153 Å². The van der Waals surface area contributed by atoms with Gasteiger partial charge in [0.1, 0.15) is 5.69 Å². The molecule has 2 aromatic rings. The molecule has 2 heterocycles. The number of rotatable bonds is 4. The van der Waals surface area contributed by atoms with Crippen molar-refractivity contribution in [2.24, 2.45) is 0 Å². The maximum Gasteiger partial charge on any atom is 0.335 e. The fourth-order valence-electron chi connectivity index (χ4n) is 3.45. The van der Waals surface area contributed by atoms with Crippen molar-refractivity contribution in [3.63, 3.8) is 0 Å². The van der Waals surface area contributed by atoms with Crippen LogP contribution in [0.25, 0.3) is 0 Å². The molecule has 2 atom stereocenters. The van der Waals surface area contributed by atoms with Crippen molar-refractivity contribution in [3.05, 3.63) is 65.5 Å². The van der Waals surface area contributed by atoms with Gasteiger partial charge in [-0.2, -0.15) is 0 Å². The summed E-state index contributed by atoms with van der Waals surface area (Å²) in [4.78, 5) is 32.0. The van der Waals surface area contributed by atoms with Gasteiger partial charge in [-0.25, -0.2) is 4.79 Å². The van der Waals surface area contributed by atoms with Crippen molar-refractivity contribution < 1.29 is 14.7 Å². The number of aromatic carboxylic acids is 1. The highest BCUT2D eigenvalue weighted by molar-refractivity contribution is 5.92. The number of carboxylic acid groups (broad SMARTS) is 1. The molecule has 0 bridgehead atoms. The van der Waals surface area contributed by atoms with Gasteiger partial charge in [0.25, 0.3) is 5.91 Å². The monoisotopic (exact) mass is 353 g/mol. The van der Waals surface area contributed by atoms with Gasteiger partial charge < -0.3 is 10.0 Å². The van der Waals surface area contributed by atoms with E-state index in [4.69, 9.17) is 5.11 Å². The van der Waals surface area contributed by atoms with Gasteiger partial charge in [0.05, 0.1) is 5.56 Å². The van der Waals surface area contributed by atoms with E-state index in [1.54, 1.807) is 30.5 Å². The average molecular weight is 353 g/mol. The van der Waals surface area contributed by atoms with Gasteiger partial charge in [0.2, 0.25) is 0 Å². The van der Waals surface area contributed by atoms with Crippen molar-refractivity contribution in [2.45, 2.75) is 32.5 Å². The van der Waals surface area contributed by atoms with E-state index in [-0.39, 0.29) is 18.0 Å². The second-order valence-corrected chi connectivity index (χ2v) is 6.80. The molecule has 0 spiro atoms. The van der Waals surface area contributed by atoms with E-state index < -0.39 is 5.97 Å². The van der Waals surface area contributed by atoms with Crippen molar-refractivity contribution in [3.8, 4) is 0 Å². The van der Waals surface area contributed by atoms with Gasteiger partial charge in [0.15, 0.2) is 0 Å². The summed E-state index contributed by atoms with van der Waals surface area (Å²) < 4.78 is 0. The molecule has 6 heteroatoms. The number of hydrogen-bond acceptors (Lipinski definition) is 4. The van der Waals surface area contributed by atoms with Gasteiger partial charge in [-0.3, -0.25) is 14.7 Å². The van der Waals surface area contributed by atoms with Crippen LogP contribution in [0.1, 0.15) is 40.3 Å². The first-order chi connectivity index (χ1) is 12.5. The standard InChI is InChI=1S/C20H23N3O3/c1-14-11-22(19(24)18-5-3-4-10-21-18)12-15(2)23(14)13-16-6-8-17(9-7-16)20(25)26/h3-10,14-15H,11-13H2,1-2H3,(H,25,26)/t14-,15+. The number of carbonyl (C=O) groups is 2. The predicted molar refractivity (Wildman–Crippen MR) is 98.0 cm³/mol. The minimum atomic E-state index is -0.917. The lowest BCUT2D eigenvalue weighted by molar-refractivity contribution is 0.0266. The Balaban J connectivity index is 1.67. The van der Waals surface area contributed by atoms with Gasteiger partial charge in [-0.1, -0.05) is 18.2 Å². The molecule has 1 amide bonds. The summed E-state index contributed by atoms with van der Waals surface area (Å²) in [5.41, 5.74) is 1.84. The number of benzene rings is 1. The molecule has 26 heavy (non-hydrogen) atoms. The maximum absolute atomic E-state index is 12.6. The minimum absolute atomic E-state index is 0.0326. The van der Waals surface area contributed by atoms with Crippen LogP contribution in [0.3, 0.4) is 0 Å². The number of amides is 1. The van der Waals surface area contributed by atoms with Crippen LogP contribution in [0.15, 0.2) is 48.7 Å². The Bertz CT molecular complexity index is 765. The molecule has 0 radical (unpaired) electrons. The van der Waals surface area contributed by atoms with Crippen LogP contribution in [0, 0.1) is 0 Å². The molecule has 1 aliphatic heterocycles. The minimum Gasteiger partial charge on any atom is -0.478 e. The summed E-state index contributed by atoms with van der Waals surface area (Å²) in [6.07, 6.45) is 1.64. The van der Waals surface area contributed by atoms with Gasteiger partial charge in [-0.15, -0.1) is 0 Å².